The van der Waals surface area contributed by atoms with E-state index in [0.29, 0.717) is 55.2 Å². The van der Waals surface area contributed by atoms with Crippen LogP contribution in [0.25, 0.3) is 0 Å². The largest absolute Gasteiger partial charge is 0.489 e. The minimum Gasteiger partial charge on any atom is -0.489 e. The van der Waals surface area contributed by atoms with Crippen molar-refractivity contribution in [1.29, 1.82) is 0 Å². The number of aliphatic hydroxyl groups excluding tert-OH is 1. The van der Waals surface area contributed by atoms with Crippen molar-refractivity contribution in [3.05, 3.63) is 94.6 Å². The molecule has 0 amide bonds. The van der Waals surface area contributed by atoms with Crippen LogP contribution in [0.2, 0.25) is 0 Å². The van der Waals surface area contributed by atoms with Crippen LogP contribution in [-0.2, 0) is 17.8 Å². The molecule has 11 heteroatoms. The highest BCUT2D eigenvalue weighted by Gasteiger charge is 2.44. The second-order valence-corrected chi connectivity index (χ2v) is 12.4. The van der Waals surface area contributed by atoms with E-state index in [9.17, 15) is 18.0 Å². The van der Waals surface area contributed by atoms with Crippen LogP contribution in [-0.4, -0.2) is 80.3 Å². The third kappa shape index (κ3) is 7.70. The van der Waals surface area contributed by atoms with Gasteiger partial charge in [-0.1, -0.05) is 36.4 Å². The maximum absolute atomic E-state index is 16.0. The highest BCUT2D eigenvalue weighted by atomic mass is 19.4. The van der Waals surface area contributed by atoms with Crippen LogP contribution in [0.15, 0.2) is 60.7 Å². The number of rotatable bonds is 8. The molecule has 3 aliphatic heterocycles. The number of hydrogen-bond donors (Lipinski definition) is 1. The maximum Gasteiger partial charge on any atom is 0.401 e. The summed E-state index contributed by atoms with van der Waals surface area (Å²) in [5.74, 6) is -1.16. The standard InChI is InChI=1S/C34H36F5N3O2.CH4O/c35-29-18-26(41-12-4-10-33(11-14-41)21-40(22-33)15-16-43)19-30(36)31(29)32-28-8-7-27(44-20-24-5-2-1-3-6-24)17-25(28)9-13-42(32)23-34(37,38)39;1-2/h1-3,5-8,16-19,32H,4,9-15,20-23H2;2H,1H3. The van der Waals surface area contributed by atoms with E-state index >= 15 is 8.78 Å². The van der Waals surface area contributed by atoms with Crippen LogP contribution in [0.1, 0.15) is 47.6 Å². The number of alkyl halides is 3. The predicted molar refractivity (Wildman–Crippen MR) is 166 cm³/mol. The van der Waals surface area contributed by atoms with Crippen LogP contribution in [0.3, 0.4) is 0 Å². The molecule has 3 aromatic rings. The molecule has 3 aromatic carbocycles. The van der Waals surface area contributed by atoms with Gasteiger partial charge in [0.2, 0.25) is 0 Å². The minimum absolute atomic E-state index is 0.00469. The van der Waals surface area contributed by atoms with E-state index in [4.69, 9.17) is 9.84 Å². The van der Waals surface area contributed by atoms with Crippen molar-refractivity contribution in [2.75, 3.05) is 57.8 Å². The number of benzene rings is 3. The Balaban J connectivity index is 0.00000204. The van der Waals surface area contributed by atoms with Crippen molar-refractivity contribution < 1.29 is 36.6 Å². The van der Waals surface area contributed by atoms with Gasteiger partial charge in [0.25, 0.3) is 0 Å². The summed E-state index contributed by atoms with van der Waals surface area (Å²) in [5, 5.41) is 7.00. The average Bonchev–Trinajstić information content (AvgIpc) is 3.25. The van der Waals surface area contributed by atoms with Gasteiger partial charge in [-0.2, -0.15) is 13.2 Å². The zero-order chi connectivity index (χ0) is 32.9. The summed E-state index contributed by atoms with van der Waals surface area (Å²) in [4.78, 5) is 16.0. The molecular formula is C35H40F5N3O3. The van der Waals surface area contributed by atoms with Crippen molar-refractivity contribution in [2.45, 2.75) is 44.5 Å². The smallest absolute Gasteiger partial charge is 0.401 e. The van der Waals surface area contributed by atoms with E-state index in [0.717, 1.165) is 56.2 Å². The molecule has 0 aromatic heterocycles. The molecule has 0 radical (unpaired) electrons. The van der Waals surface area contributed by atoms with Gasteiger partial charge in [0.1, 0.15) is 30.3 Å². The summed E-state index contributed by atoms with van der Waals surface area (Å²) in [7, 11) is 1.00. The molecule has 0 bridgehead atoms. The predicted octanol–water partition coefficient (Wildman–Crippen LogP) is 6.15. The molecule has 2 fully saturated rings. The molecule has 2 saturated heterocycles. The van der Waals surface area contributed by atoms with Gasteiger partial charge in [-0.15, -0.1) is 0 Å². The van der Waals surface area contributed by atoms with E-state index in [1.54, 1.807) is 18.2 Å². The number of carbonyl (C=O) groups excluding carboxylic acids is 1. The number of fused-ring (bicyclic) bond motifs is 1. The lowest BCUT2D eigenvalue weighted by atomic mass is 9.74. The summed E-state index contributed by atoms with van der Waals surface area (Å²) < 4.78 is 78.9. The zero-order valence-corrected chi connectivity index (χ0v) is 25.9. The first-order valence-electron chi connectivity index (χ1n) is 15.6. The highest BCUT2D eigenvalue weighted by Crippen LogP contribution is 2.43. The molecule has 0 saturated carbocycles. The summed E-state index contributed by atoms with van der Waals surface area (Å²) >= 11 is 0. The second-order valence-electron chi connectivity index (χ2n) is 12.4. The number of likely N-dealkylation sites (tertiary alicyclic amines) is 1. The van der Waals surface area contributed by atoms with Gasteiger partial charge in [-0.3, -0.25) is 9.80 Å². The van der Waals surface area contributed by atoms with Gasteiger partial charge in [-0.25, -0.2) is 8.78 Å². The number of ether oxygens (including phenoxy) is 1. The Morgan fingerprint density at radius 2 is 1.67 bits per heavy atom. The number of aliphatic hydroxyl groups is 1. The fourth-order valence-corrected chi connectivity index (χ4v) is 7.20. The second kappa shape index (κ2) is 14.5. The number of aldehydes is 1. The molecule has 1 unspecified atom stereocenters. The van der Waals surface area contributed by atoms with Crippen LogP contribution < -0.4 is 9.64 Å². The normalized spacial score (nSPS) is 19.8. The SMILES string of the molecule is CO.O=CCN1CC2(CCCN(c3cc(F)c(C4c5ccc(OCc6ccccc6)cc5CCN4CC(F)(F)F)c(F)c3)CC2)C1. The molecule has 0 aliphatic carbocycles. The first-order chi connectivity index (χ1) is 22.1. The Morgan fingerprint density at radius 3 is 2.35 bits per heavy atom. The van der Waals surface area contributed by atoms with E-state index in [1.165, 1.54) is 12.1 Å². The minimum atomic E-state index is -4.54. The Hall–Kier alpha value is -3.54. The molecule has 248 valence electrons. The summed E-state index contributed by atoms with van der Waals surface area (Å²) in [5.41, 5.74) is 2.27. The topological polar surface area (TPSA) is 56.3 Å². The van der Waals surface area contributed by atoms with Crippen molar-refractivity contribution in [3.8, 4) is 5.75 Å². The lowest BCUT2D eigenvalue weighted by molar-refractivity contribution is -0.150. The van der Waals surface area contributed by atoms with Crippen molar-refractivity contribution in [1.82, 2.24) is 9.80 Å². The van der Waals surface area contributed by atoms with Crippen LogP contribution >= 0.6 is 0 Å². The molecular weight excluding hydrogens is 605 g/mol. The van der Waals surface area contributed by atoms with Gasteiger partial charge in [0, 0.05) is 51.1 Å². The van der Waals surface area contributed by atoms with Crippen LogP contribution in [0, 0.1) is 17.0 Å². The Morgan fingerprint density at radius 1 is 0.957 bits per heavy atom. The summed E-state index contributed by atoms with van der Waals surface area (Å²) in [6, 6.07) is 15.9. The fourth-order valence-electron chi connectivity index (χ4n) is 7.20. The summed E-state index contributed by atoms with van der Waals surface area (Å²) in [6.45, 7) is 2.39. The Kier molecular flexibility index (Phi) is 10.6. The van der Waals surface area contributed by atoms with Crippen molar-refractivity contribution in [2.24, 2.45) is 5.41 Å². The molecule has 6 nitrogen and oxygen atoms in total. The van der Waals surface area contributed by atoms with E-state index < -0.39 is 30.4 Å². The van der Waals surface area contributed by atoms with Crippen molar-refractivity contribution >= 4 is 12.0 Å². The third-order valence-electron chi connectivity index (χ3n) is 9.27. The zero-order valence-electron chi connectivity index (χ0n) is 25.9. The monoisotopic (exact) mass is 645 g/mol. The van der Waals surface area contributed by atoms with Crippen LogP contribution in [0.5, 0.6) is 5.75 Å². The number of hydrogen-bond acceptors (Lipinski definition) is 6. The van der Waals surface area contributed by atoms with Gasteiger partial charge >= 0.3 is 6.18 Å². The molecule has 6 rings (SSSR count). The lowest BCUT2D eigenvalue weighted by Gasteiger charge is -2.49. The number of halogens is 5. The number of nitrogens with zero attached hydrogens (tertiary/aromatic N) is 3. The highest BCUT2D eigenvalue weighted by molar-refractivity contribution is 5.53. The van der Waals surface area contributed by atoms with E-state index in [1.807, 2.05) is 35.2 Å². The summed E-state index contributed by atoms with van der Waals surface area (Å²) in [6.07, 6.45) is -0.661. The van der Waals surface area contributed by atoms with E-state index in [2.05, 4.69) is 4.90 Å². The number of carbonyl (C=O) groups is 1. The first kappa shape index (κ1) is 33.8. The molecule has 3 aliphatic rings. The van der Waals surface area contributed by atoms with Gasteiger partial charge < -0.3 is 19.5 Å². The molecule has 46 heavy (non-hydrogen) atoms. The van der Waals surface area contributed by atoms with E-state index in [-0.39, 0.29) is 17.5 Å². The Labute approximate surface area is 266 Å². The average molecular weight is 646 g/mol. The van der Waals surface area contributed by atoms with Gasteiger partial charge in [-0.05, 0) is 72.1 Å². The fraction of sp³-hybridized carbons (Fsp3) is 0.457. The Bertz CT molecular complexity index is 1460. The maximum atomic E-state index is 16.0. The van der Waals surface area contributed by atoms with Gasteiger partial charge in [0.15, 0.2) is 0 Å². The quantitative estimate of drug-likeness (QED) is 0.234. The van der Waals surface area contributed by atoms with Crippen LogP contribution in [0.4, 0.5) is 27.6 Å². The van der Waals surface area contributed by atoms with Crippen molar-refractivity contribution in [3.63, 3.8) is 0 Å². The number of anilines is 1. The molecule has 1 spiro atoms. The lowest BCUT2D eigenvalue weighted by Crippen LogP contribution is -2.56. The van der Waals surface area contributed by atoms with Gasteiger partial charge in [0.05, 0.1) is 19.1 Å². The molecule has 1 N–H and O–H groups in total. The first-order valence-corrected chi connectivity index (χ1v) is 15.6. The third-order valence-corrected chi connectivity index (χ3v) is 9.27. The molecule has 1 atom stereocenters. The molecule has 3 heterocycles.